The van der Waals surface area contributed by atoms with Gasteiger partial charge < -0.3 is 5.32 Å². The number of anilines is 1. The third-order valence-corrected chi connectivity index (χ3v) is 6.00. The summed E-state index contributed by atoms with van der Waals surface area (Å²) >= 11 is 0. The first-order valence-corrected chi connectivity index (χ1v) is 10.2. The number of pyridine rings is 1. The number of nitrogens with one attached hydrogen (secondary N) is 1. The second kappa shape index (κ2) is 6.43. The van der Waals surface area contributed by atoms with Crippen molar-refractivity contribution >= 4 is 22.8 Å². The minimum absolute atomic E-state index is 0.107. The van der Waals surface area contributed by atoms with Crippen molar-refractivity contribution in [2.45, 2.75) is 64.3 Å². The molecule has 2 fully saturated rings. The zero-order valence-corrected chi connectivity index (χ0v) is 16.7. The van der Waals surface area contributed by atoms with E-state index in [0.717, 1.165) is 59.6 Å². The molecule has 2 aliphatic rings. The lowest BCUT2D eigenvalue weighted by atomic mass is 10.1. The Balaban J connectivity index is 1.55. The lowest BCUT2D eigenvalue weighted by molar-refractivity contribution is 0.102. The van der Waals surface area contributed by atoms with Gasteiger partial charge in [-0.1, -0.05) is 12.8 Å². The van der Waals surface area contributed by atoms with Gasteiger partial charge in [0.25, 0.3) is 5.91 Å². The Hall–Kier alpha value is -2.70. The highest BCUT2D eigenvalue weighted by Crippen LogP contribution is 2.40. The van der Waals surface area contributed by atoms with Gasteiger partial charge in [-0.25, -0.2) is 9.67 Å². The summed E-state index contributed by atoms with van der Waals surface area (Å²) in [5, 5.41) is 13.1. The van der Waals surface area contributed by atoms with Crippen molar-refractivity contribution in [3.8, 4) is 0 Å². The van der Waals surface area contributed by atoms with Gasteiger partial charge in [0.1, 0.15) is 5.82 Å². The summed E-state index contributed by atoms with van der Waals surface area (Å²) in [7, 11) is 1.89. The molecule has 0 aliphatic heterocycles. The summed E-state index contributed by atoms with van der Waals surface area (Å²) in [6, 6.07) is 4.31. The number of hydrogen-bond acceptors (Lipinski definition) is 4. The Labute approximate surface area is 164 Å². The molecule has 0 atom stereocenters. The van der Waals surface area contributed by atoms with E-state index in [4.69, 9.17) is 4.98 Å². The van der Waals surface area contributed by atoms with E-state index in [9.17, 15) is 4.79 Å². The van der Waals surface area contributed by atoms with Crippen LogP contribution in [0.1, 0.15) is 77.9 Å². The van der Waals surface area contributed by atoms with Crippen LogP contribution in [0.25, 0.3) is 11.0 Å². The van der Waals surface area contributed by atoms with Crippen molar-refractivity contribution < 1.29 is 4.79 Å². The van der Waals surface area contributed by atoms with Crippen LogP contribution in [-0.4, -0.2) is 30.5 Å². The average molecular weight is 378 g/mol. The molecule has 0 unspecified atom stereocenters. The number of carbonyl (C=O) groups excluding carboxylic acids is 1. The quantitative estimate of drug-likeness (QED) is 0.744. The molecule has 3 aromatic heterocycles. The van der Waals surface area contributed by atoms with Crippen molar-refractivity contribution in [1.29, 1.82) is 0 Å². The largest absolute Gasteiger partial charge is 0.307 e. The number of carbonyl (C=O) groups is 1. The van der Waals surface area contributed by atoms with Crippen LogP contribution in [0.15, 0.2) is 12.1 Å². The maximum absolute atomic E-state index is 13.3. The average Bonchev–Trinajstić information content (AvgIpc) is 3.13. The molecule has 0 spiro atoms. The molecule has 0 saturated heterocycles. The van der Waals surface area contributed by atoms with Gasteiger partial charge in [-0.2, -0.15) is 10.2 Å². The van der Waals surface area contributed by atoms with Crippen LogP contribution in [0.5, 0.6) is 0 Å². The first kappa shape index (κ1) is 17.4. The third kappa shape index (κ3) is 2.89. The van der Waals surface area contributed by atoms with E-state index in [-0.39, 0.29) is 5.91 Å². The fraction of sp³-hybridized carbons (Fsp3) is 0.524. The van der Waals surface area contributed by atoms with Crippen molar-refractivity contribution in [2.24, 2.45) is 7.05 Å². The molecule has 0 bridgehead atoms. The van der Waals surface area contributed by atoms with E-state index in [1.165, 1.54) is 12.8 Å². The molecule has 0 radical (unpaired) electrons. The van der Waals surface area contributed by atoms with Crippen LogP contribution in [0, 0.1) is 13.8 Å². The van der Waals surface area contributed by atoms with Crippen LogP contribution < -0.4 is 5.32 Å². The van der Waals surface area contributed by atoms with Crippen LogP contribution in [0.4, 0.5) is 5.82 Å². The molecule has 7 heteroatoms. The Morgan fingerprint density at radius 2 is 1.86 bits per heavy atom. The van der Waals surface area contributed by atoms with Gasteiger partial charge in [-0.05, 0) is 45.6 Å². The molecular weight excluding hydrogens is 352 g/mol. The normalized spacial score (nSPS) is 17.5. The molecule has 28 heavy (non-hydrogen) atoms. The summed E-state index contributed by atoms with van der Waals surface area (Å²) in [4.78, 5) is 18.1. The molecule has 5 rings (SSSR count). The van der Waals surface area contributed by atoms with Gasteiger partial charge in [-0.3, -0.25) is 9.48 Å². The molecule has 3 heterocycles. The second-order valence-electron chi connectivity index (χ2n) is 8.28. The van der Waals surface area contributed by atoms with Crippen molar-refractivity contribution in [3.05, 3.63) is 34.8 Å². The fourth-order valence-electron chi connectivity index (χ4n) is 4.45. The van der Waals surface area contributed by atoms with Gasteiger partial charge in [0.2, 0.25) is 0 Å². The van der Waals surface area contributed by atoms with Gasteiger partial charge >= 0.3 is 0 Å². The zero-order chi connectivity index (χ0) is 19.4. The summed E-state index contributed by atoms with van der Waals surface area (Å²) in [5.74, 6) is 1.15. The Kier molecular flexibility index (Phi) is 4.00. The SMILES string of the molecule is Cc1cc(NC(=O)c2cc(C3CC3)nc3c2c(C)nn3C)n(C2CCCC2)n1. The molecule has 2 aliphatic carbocycles. The molecule has 1 amide bonds. The molecule has 2 saturated carbocycles. The maximum atomic E-state index is 13.3. The summed E-state index contributed by atoms with van der Waals surface area (Å²) < 4.78 is 3.79. The van der Waals surface area contributed by atoms with E-state index >= 15 is 0 Å². The number of aryl methyl sites for hydroxylation is 3. The van der Waals surface area contributed by atoms with E-state index in [1.54, 1.807) is 4.68 Å². The monoisotopic (exact) mass is 378 g/mol. The van der Waals surface area contributed by atoms with Crippen molar-refractivity contribution in [2.75, 3.05) is 5.32 Å². The van der Waals surface area contributed by atoms with Crippen molar-refractivity contribution in [1.82, 2.24) is 24.5 Å². The number of fused-ring (bicyclic) bond motifs is 1. The molecule has 7 nitrogen and oxygen atoms in total. The highest BCUT2D eigenvalue weighted by Gasteiger charge is 2.29. The van der Waals surface area contributed by atoms with E-state index in [1.807, 2.05) is 37.7 Å². The van der Waals surface area contributed by atoms with Crippen LogP contribution >= 0.6 is 0 Å². The van der Waals surface area contributed by atoms with E-state index in [0.29, 0.717) is 17.5 Å². The number of hydrogen-bond donors (Lipinski definition) is 1. The predicted molar refractivity (Wildman–Crippen MR) is 108 cm³/mol. The summed E-state index contributed by atoms with van der Waals surface area (Å²) in [6.45, 7) is 3.91. The molecule has 0 aromatic carbocycles. The Morgan fingerprint density at radius 1 is 1.11 bits per heavy atom. The standard InChI is InChI=1S/C21H26N6O/c1-12-10-18(27(24-12)15-6-4-5-7-15)23-21(28)16-11-17(14-8-9-14)22-20-19(16)13(2)25-26(20)3/h10-11,14-15H,4-9H2,1-3H3,(H,23,28). The Bertz CT molecular complexity index is 1070. The van der Waals surface area contributed by atoms with Crippen LogP contribution in [0.3, 0.4) is 0 Å². The highest BCUT2D eigenvalue weighted by molar-refractivity contribution is 6.12. The Morgan fingerprint density at radius 3 is 2.57 bits per heavy atom. The minimum atomic E-state index is -0.107. The van der Waals surface area contributed by atoms with Crippen LogP contribution in [-0.2, 0) is 7.05 Å². The highest BCUT2D eigenvalue weighted by atomic mass is 16.1. The topological polar surface area (TPSA) is 77.6 Å². The zero-order valence-electron chi connectivity index (χ0n) is 16.7. The first-order chi connectivity index (χ1) is 13.5. The molecule has 146 valence electrons. The third-order valence-electron chi connectivity index (χ3n) is 6.00. The smallest absolute Gasteiger partial charge is 0.257 e. The lowest BCUT2D eigenvalue weighted by Crippen LogP contribution is -2.18. The van der Waals surface area contributed by atoms with Gasteiger partial charge in [-0.15, -0.1) is 0 Å². The maximum Gasteiger partial charge on any atom is 0.257 e. The van der Waals surface area contributed by atoms with Gasteiger partial charge in [0, 0.05) is 24.7 Å². The number of amides is 1. The number of aromatic nitrogens is 5. The minimum Gasteiger partial charge on any atom is -0.307 e. The van der Waals surface area contributed by atoms with Crippen molar-refractivity contribution in [3.63, 3.8) is 0 Å². The molecule has 1 N–H and O–H groups in total. The predicted octanol–water partition coefficient (Wildman–Crippen LogP) is 4.03. The molecule has 3 aromatic rings. The number of rotatable bonds is 4. The fourth-order valence-corrected chi connectivity index (χ4v) is 4.45. The van der Waals surface area contributed by atoms with Gasteiger partial charge in [0.15, 0.2) is 5.65 Å². The summed E-state index contributed by atoms with van der Waals surface area (Å²) in [5.41, 5.74) is 4.21. The first-order valence-electron chi connectivity index (χ1n) is 10.2. The van der Waals surface area contributed by atoms with E-state index < -0.39 is 0 Å². The second-order valence-corrected chi connectivity index (χ2v) is 8.28. The van der Waals surface area contributed by atoms with Crippen LogP contribution in [0.2, 0.25) is 0 Å². The lowest BCUT2D eigenvalue weighted by Gasteiger charge is -2.15. The summed E-state index contributed by atoms with van der Waals surface area (Å²) in [6.07, 6.45) is 6.98. The number of nitrogens with zero attached hydrogens (tertiary/aromatic N) is 5. The van der Waals surface area contributed by atoms with E-state index in [2.05, 4.69) is 15.5 Å². The molecular formula is C21H26N6O. The van der Waals surface area contributed by atoms with Gasteiger partial charge in [0.05, 0.1) is 28.4 Å².